The van der Waals surface area contributed by atoms with E-state index in [0.29, 0.717) is 6.10 Å². The molecule has 2 N–H and O–H groups in total. The molecule has 1 heterocycles. The Morgan fingerprint density at radius 3 is 2.82 bits per heavy atom. The first-order chi connectivity index (χ1) is 8.22. The van der Waals surface area contributed by atoms with Gasteiger partial charge in [-0.1, -0.05) is 30.3 Å². The Morgan fingerprint density at radius 1 is 1.41 bits per heavy atom. The summed E-state index contributed by atoms with van der Waals surface area (Å²) < 4.78 is 5.38. The van der Waals surface area contributed by atoms with E-state index < -0.39 is 0 Å². The molecule has 17 heavy (non-hydrogen) atoms. The second-order valence-electron chi connectivity index (χ2n) is 5.09. The van der Waals surface area contributed by atoms with Crippen LogP contribution in [0.3, 0.4) is 0 Å². The summed E-state index contributed by atoms with van der Waals surface area (Å²) in [5.41, 5.74) is 1.49. The van der Waals surface area contributed by atoms with Crippen LogP contribution >= 0.6 is 0 Å². The third kappa shape index (κ3) is 3.53. The van der Waals surface area contributed by atoms with Crippen molar-refractivity contribution in [1.82, 2.24) is 10.6 Å². The van der Waals surface area contributed by atoms with Gasteiger partial charge in [0.25, 0.3) is 0 Å². The molecule has 0 aliphatic carbocycles. The van der Waals surface area contributed by atoms with Gasteiger partial charge in [0.2, 0.25) is 0 Å². The van der Waals surface area contributed by atoms with Gasteiger partial charge < -0.3 is 15.4 Å². The van der Waals surface area contributed by atoms with Gasteiger partial charge in [-0.05, 0) is 18.9 Å². The maximum atomic E-state index is 5.38. The third-order valence-electron chi connectivity index (χ3n) is 3.46. The molecular formula is C14H22N2O. The number of hydrogen-bond acceptors (Lipinski definition) is 3. The van der Waals surface area contributed by atoms with E-state index in [1.807, 2.05) is 6.07 Å². The fourth-order valence-corrected chi connectivity index (χ4v) is 2.39. The van der Waals surface area contributed by atoms with Gasteiger partial charge in [-0.25, -0.2) is 0 Å². The van der Waals surface area contributed by atoms with Gasteiger partial charge in [0.15, 0.2) is 0 Å². The van der Waals surface area contributed by atoms with Crippen LogP contribution in [-0.4, -0.2) is 31.8 Å². The van der Waals surface area contributed by atoms with Gasteiger partial charge in [-0.15, -0.1) is 0 Å². The standard InChI is InChI=1S/C14H22N2O/c1-14(8-13(17-2)10-16-14)11-15-9-12-6-4-3-5-7-12/h3-7,13,15-16H,8-11H2,1-2H3/t13-,14+/m0/s1. The van der Waals surface area contributed by atoms with E-state index in [9.17, 15) is 0 Å². The molecular weight excluding hydrogens is 212 g/mol. The number of benzene rings is 1. The molecule has 0 bridgehead atoms. The van der Waals surface area contributed by atoms with Crippen LogP contribution in [0.4, 0.5) is 0 Å². The van der Waals surface area contributed by atoms with Crippen molar-refractivity contribution in [2.24, 2.45) is 0 Å². The maximum absolute atomic E-state index is 5.38. The molecule has 0 unspecified atom stereocenters. The van der Waals surface area contributed by atoms with E-state index in [1.54, 1.807) is 7.11 Å². The van der Waals surface area contributed by atoms with Gasteiger partial charge in [-0.3, -0.25) is 0 Å². The zero-order chi connectivity index (χ0) is 12.1. The first-order valence-electron chi connectivity index (χ1n) is 6.24. The predicted octanol–water partition coefficient (Wildman–Crippen LogP) is 1.54. The van der Waals surface area contributed by atoms with E-state index in [2.05, 4.69) is 41.8 Å². The molecule has 0 spiro atoms. The lowest BCUT2D eigenvalue weighted by Gasteiger charge is -2.25. The molecule has 1 aliphatic rings. The average molecular weight is 234 g/mol. The monoisotopic (exact) mass is 234 g/mol. The van der Waals surface area contributed by atoms with E-state index in [-0.39, 0.29) is 5.54 Å². The highest BCUT2D eigenvalue weighted by Gasteiger charge is 2.34. The van der Waals surface area contributed by atoms with Crippen molar-refractivity contribution < 1.29 is 4.74 Å². The predicted molar refractivity (Wildman–Crippen MR) is 70.0 cm³/mol. The van der Waals surface area contributed by atoms with Gasteiger partial charge in [-0.2, -0.15) is 0 Å². The lowest BCUT2D eigenvalue weighted by Crippen LogP contribution is -2.45. The molecule has 2 rings (SSSR count). The minimum atomic E-state index is 0.162. The average Bonchev–Trinajstić information content (AvgIpc) is 2.73. The molecule has 3 heteroatoms. The van der Waals surface area contributed by atoms with Crippen molar-refractivity contribution >= 4 is 0 Å². The summed E-state index contributed by atoms with van der Waals surface area (Å²) in [6.07, 6.45) is 1.43. The van der Waals surface area contributed by atoms with Crippen LogP contribution in [0.5, 0.6) is 0 Å². The van der Waals surface area contributed by atoms with Crippen molar-refractivity contribution in [3.05, 3.63) is 35.9 Å². The molecule has 0 amide bonds. The van der Waals surface area contributed by atoms with E-state index in [0.717, 1.165) is 26.1 Å². The molecule has 2 atom stereocenters. The Morgan fingerprint density at radius 2 is 2.18 bits per heavy atom. The molecule has 1 saturated heterocycles. The third-order valence-corrected chi connectivity index (χ3v) is 3.46. The topological polar surface area (TPSA) is 33.3 Å². The van der Waals surface area contributed by atoms with Crippen molar-refractivity contribution in [2.45, 2.75) is 31.5 Å². The zero-order valence-corrected chi connectivity index (χ0v) is 10.7. The second kappa shape index (κ2) is 5.63. The molecule has 1 aromatic carbocycles. The van der Waals surface area contributed by atoms with Crippen molar-refractivity contribution in [1.29, 1.82) is 0 Å². The lowest BCUT2D eigenvalue weighted by molar-refractivity contribution is 0.113. The van der Waals surface area contributed by atoms with Crippen LogP contribution < -0.4 is 10.6 Å². The first-order valence-corrected chi connectivity index (χ1v) is 6.24. The molecule has 1 fully saturated rings. The highest BCUT2D eigenvalue weighted by Crippen LogP contribution is 2.20. The number of hydrogen-bond donors (Lipinski definition) is 2. The summed E-state index contributed by atoms with van der Waals surface area (Å²) in [4.78, 5) is 0. The van der Waals surface area contributed by atoms with Gasteiger partial charge >= 0.3 is 0 Å². The van der Waals surface area contributed by atoms with Crippen LogP contribution in [0.1, 0.15) is 18.9 Å². The minimum absolute atomic E-state index is 0.162. The van der Waals surface area contributed by atoms with Crippen molar-refractivity contribution in [3.63, 3.8) is 0 Å². The molecule has 0 radical (unpaired) electrons. The molecule has 3 nitrogen and oxygen atoms in total. The fraction of sp³-hybridized carbons (Fsp3) is 0.571. The normalized spacial score (nSPS) is 28.5. The van der Waals surface area contributed by atoms with E-state index in [4.69, 9.17) is 4.74 Å². The fourth-order valence-electron chi connectivity index (χ4n) is 2.39. The highest BCUT2D eigenvalue weighted by molar-refractivity contribution is 5.14. The minimum Gasteiger partial charge on any atom is -0.380 e. The lowest BCUT2D eigenvalue weighted by atomic mass is 9.99. The smallest absolute Gasteiger partial charge is 0.0713 e. The summed E-state index contributed by atoms with van der Waals surface area (Å²) in [5, 5.41) is 7.04. The molecule has 0 saturated carbocycles. The Kier molecular flexibility index (Phi) is 4.15. The summed E-state index contributed by atoms with van der Waals surface area (Å²) in [5.74, 6) is 0. The first kappa shape index (κ1) is 12.6. The molecule has 1 aromatic rings. The maximum Gasteiger partial charge on any atom is 0.0713 e. The van der Waals surface area contributed by atoms with Crippen molar-refractivity contribution in [3.8, 4) is 0 Å². The summed E-state index contributed by atoms with van der Waals surface area (Å²) >= 11 is 0. The number of nitrogens with one attached hydrogen (secondary N) is 2. The van der Waals surface area contributed by atoms with Crippen LogP contribution in [0.2, 0.25) is 0 Å². The SMILES string of the molecule is CO[C@@H]1CN[C@@](C)(CNCc2ccccc2)C1. The summed E-state index contributed by atoms with van der Waals surface area (Å²) in [6.45, 7) is 5.11. The van der Waals surface area contributed by atoms with Crippen LogP contribution in [-0.2, 0) is 11.3 Å². The number of methoxy groups -OCH3 is 1. The van der Waals surface area contributed by atoms with E-state index in [1.165, 1.54) is 5.56 Å². The molecule has 0 aromatic heterocycles. The molecule has 94 valence electrons. The number of ether oxygens (including phenoxy) is 1. The Hall–Kier alpha value is -0.900. The zero-order valence-electron chi connectivity index (χ0n) is 10.7. The highest BCUT2D eigenvalue weighted by atomic mass is 16.5. The Balaban J connectivity index is 1.75. The van der Waals surface area contributed by atoms with E-state index >= 15 is 0 Å². The number of rotatable bonds is 5. The summed E-state index contributed by atoms with van der Waals surface area (Å²) in [6, 6.07) is 10.5. The van der Waals surface area contributed by atoms with Crippen molar-refractivity contribution in [2.75, 3.05) is 20.2 Å². The van der Waals surface area contributed by atoms with Gasteiger partial charge in [0.1, 0.15) is 0 Å². The largest absolute Gasteiger partial charge is 0.380 e. The second-order valence-corrected chi connectivity index (χ2v) is 5.09. The quantitative estimate of drug-likeness (QED) is 0.811. The van der Waals surface area contributed by atoms with Gasteiger partial charge in [0.05, 0.1) is 6.10 Å². The Labute approximate surface area is 104 Å². The summed E-state index contributed by atoms with van der Waals surface area (Å²) in [7, 11) is 1.79. The molecule has 1 aliphatic heterocycles. The van der Waals surface area contributed by atoms with Crippen LogP contribution in [0, 0.1) is 0 Å². The van der Waals surface area contributed by atoms with Gasteiger partial charge in [0, 0.05) is 32.3 Å². The Bertz CT molecular complexity index is 341. The van der Waals surface area contributed by atoms with Crippen LogP contribution in [0.25, 0.3) is 0 Å². The van der Waals surface area contributed by atoms with Crippen LogP contribution in [0.15, 0.2) is 30.3 Å².